The molecule has 1 saturated carbocycles. The standard InChI is InChI=1S/C17H18ClFN2OS2/c1-10-9-23-17(20-10)24-12-7-5-11(6-8-12)21-16(22)15-13(18)3-2-4-14(15)19/h2-4,9,11-12H,5-8H2,1H3,(H,21,22). The van der Waals surface area contributed by atoms with Gasteiger partial charge in [0.25, 0.3) is 5.91 Å². The quantitative estimate of drug-likeness (QED) is 0.799. The van der Waals surface area contributed by atoms with Gasteiger partial charge in [-0.1, -0.05) is 29.4 Å². The van der Waals surface area contributed by atoms with Crippen molar-refractivity contribution in [3.05, 3.63) is 45.7 Å². The number of carbonyl (C=O) groups excluding carboxylic acids is 1. The number of hydrogen-bond donors (Lipinski definition) is 1. The van der Waals surface area contributed by atoms with E-state index < -0.39 is 11.7 Å². The topological polar surface area (TPSA) is 42.0 Å². The molecular weight excluding hydrogens is 367 g/mol. The van der Waals surface area contributed by atoms with Crippen molar-refractivity contribution in [1.82, 2.24) is 10.3 Å². The van der Waals surface area contributed by atoms with Crippen molar-refractivity contribution in [3.63, 3.8) is 0 Å². The molecule has 3 rings (SSSR count). The maximum absolute atomic E-state index is 13.8. The van der Waals surface area contributed by atoms with E-state index in [2.05, 4.69) is 15.7 Å². The first-order valence-electron chi connectivity index (χ1n) is 7.86. The Morgan fingerprint density at radius 1 is 1.38 bits per heavy atom. The first kappa shape index (κ1) is 17.7. The molecule has 3 nitrogen and oxygen atoms in total. The van der Waals surface area contributed by atoms with Crippen LogP contribution in [0, 0.1) is 12.7 Å². The minimum atomic E-state index is -0.580. The molecule has 1 N–H and O–H groups in total. The molecule has 0 saturated heterocycles. The van der Waals surface area contributed by atoms with Crippen LogP contribution in [-0.2, 0) is 0 Å². The summed E-state index contributed by atoms with van der Waals surface area (Å²) in [7, 11) is 0. The molecule has 1 amide bonds. The molecule has 7 heteroatoms. The van der Waals surface area contributed by atoms with Crippen molar-refractivity contribution in [2.45, 2.75) is 48.2 Å². The predicted octanol–water partition coefficient (Wildman–Crippen LogP) is 5.08. The molecule has 128 valence electrons. The average Bonchev–Trinajstić information content (AvgIpc) is 2.94. The van der Waals surface area contributed by atoms with Gasteiger partial charge < -0.3 is 5.32 Å². The fraction of sp³-hybridized carbons (Fsp3) is 0.412. The van der Waals surface area contributed by atoms with Crippen LogP contribution in [0.4, 0.5) is 4.39 Å². The van der Waals surface area contributed by atoms with E-state index in [1.165, 1.54) is 18.2 Å². The Balaban J connectivity index is 1.53. The number of hydrogen-bond acceptors (Lipinski definition) is 4. The van der Waals surface area contributed by atoms with Gasteiger partial charge >= 0.3 is 0 Å². The molecular formula is C17H18ClFN2OS2. The minimum Gasteiger partial charge on any atom is -0.349 e. The molecule has 0 aliphatic heterocycles. The number of nitrogens with zero attached hydrogens (tertiary/aromatic N) is 1. The Hall–Kier alpha value is -1.11. The van der Waals surface area contributed by atoms with Crippen molar-refractivity contribution < 1.29 is 9.18 Å². The fourth-order valence-electron chi connectivity index (χ4n) is 2.83. The lowest BCUT2D eigenvalue weighted by atomic mass is 9.94. The van der Waals surface area contributed by atoms with Gasteiger partial charge in [0.05, 0.1) is 10.6 Å². The Bertz CT molecular complexity index is 709. The van der Waals surface area contributed by atoms with Crippen molar-refractivity contribution in [1.29, 1.82) is 0 Å². The fourth-order valence-corrected chi connectivity index (χ4v) is 5.36. The molecule has 0 radical (unpaired) electrons. The van der Waals surface area contributed by atoms with Crippen LogP contribution in [0.25, 0.3) is 0 Å². The van der Waals surface area contributed by atoms with E-state index >= 15 is 0 Å². The third-order valence-corrected chi connectivity index (χ3v) is 6.81. The van der Waals surface area contributed by atoms with E-state index in [9.17, 15) is 9.18 Å². The predicted molar refractivity (Wildman–Crippen MR) is 97.6 cm³/mol. The highest BCUT2D eigenvalue weighted by Crippen LogP contribution is 2.35. The van der Waals surface area contributed by atoms with E-state index in [4.69, 9.17) is 11.6 Å². The van der Waals surface area contributed by atoms with E-state index in [0.29, 0.717) is 5.25 Å². The van der Waals surface area contributed by atoms with Gasteiger partial charge in [-0.15, -0.1) is 11.3 Å². The summed E-state index contributed by atoms with van der Waals surface area (Å²) >= 11 is 9.45. The first-order chi connectivity index (χ1) is 11.5. The SMILES string of the molecule is Cc1csc(SC2CCC(NC(=O)c3c(F)cccc3Cl)CC2)n1. The van der Waals surface area contributed by atoms with E-state index in [1.807, 2.05) is 18.7 Å². The number of halogens is 2. The third-order valence-electron chi connectivity index (χ3n) is 4.06. The number of thiazole rings is 1. The van der Waals surface area contributed by atoms with Crippen molar-refractivity contribution >= 4 is 40.6 Å². The zero-order chi connectivity index (χ0) is 17.1. The Labute approximate surface area is 154 Å². The second kappa shape index (κ2) is 7.85. The molecule has 0 atom stereocenters. The largest absolute Gasteiger partial charge is 0.349 e. The summed E-state index contributed by atoms with van der Waals surface area (Å²) in [6.07, 6.45) is 3.80. The molecule has 24 heavy (non-hydrogen) atoms. The third kappa shape index (κ3) is 4.29. The van der Waals surface area contributed by atoms with Crippen molar-refractivity contribution in [2.24, 2.45) is 0 Å². The molecule has 2 aromatic rings. The number of amides is 1. The zero-order valence-electron chi connectivity index (χ0n) is 13.2. The maximum Gasteiger partial charge on any atom is 0.255 e. The van der Waals surface area contributed by atoms with Gasteiger partial charge in [-0.2, -0.15) is 0 Å². The summed E-state index contributed by atoms with van der Waals surface area (Å²) in [5.41, 5.74) is 0.999. The molecule has 1 heterocycles. The summed E-state index contributed by atoms with van der Waals surface area (Å²) in [5.74, 6) is -1.01. The smallest absolute Gasteiger partial charge is 0.255 e. The number of benzene rings is 1. The van der Waals surface area contributed by atoms with Crippen LogP contribution in [0.5, 0.6) is 0 Å². The second-order valence-corrected chi connectivity index (χ2v) is 8.73. The zero-order valence-corrected chi connectivity index (χ0v) is 15.6. The number of aromatic nitrogens is 1. The van der Waals surface area contributed by atoms with Gasteiger partial charge in [-0.25, -0.2) is 9.37 Å². The summed E-state index contributed by atoms with van der Waals surface area (Å²) in [6, 6.07) is 4.35. The summed E-state index contributed by atoms with van der Waals surface area (Å²) < 4.78 is 14.9. The van der Waals surface area contributed by atoms with Crippen LogP contribution in [-0.4, -0.2) is 22.2 Å². The first-order valence-corrected chi connectivity index (χ1v) is 10.0. The van der Waals surface area contributed by atoms with E-state index in [1.54, 1.807) is 11.3 Å². The lowest BCUT2D eigenvalue weighted by Gasteiger charge is -2.28. The number of aryl methyl sites for hydroxylation is 1. The molecule has 1 aromatic carbocycles. The molecule has 0 unspecified atom stereocenters. The van der Waals surface area contributed by atoms with Crippen LogP contribution in [0.15, 0.2) is 27.9 Å². The Morgan fingerprint density at radius 3 is 2.75 bits per heavy atom. The summed E-state index contributed by atoms with van der Waals surface area (Å²) in [6.45, 7) is 2.00. The second-order valence-electron chi connectivity index (χ2n) is 5.92. The minimum absolute atomic E-state index is 0.0612. The number of nitrogens with one attached hydrogen (secondary N) is 1. The average molecular weight is 385 g/mol. The van der Waals surface area contributed by atoms with Crippen LogP contribution in [0.2, 0.25) is 5.02 Å². The Morgan fingerprint density at radius 2 is 2.12 bits per heavy atom. The van der Waals surface area contributed by atoms with Gasteiger partial charge in [-0.3, -0.25) is 4.79 Å². The lowest BCUT2D eigenvalue weighted by Crippen LogP contribution is -2.38. The van der Waals surface area contributed by atoms with Gasteiger partial charge in [-0.05, 0) is 44.7 Å². The van der Waals surface area contributed by atoms with E-state index in [0.717, 1.165) is 35.7 Å². The molecule has 1 aliphatic rings. The van der Waals surface area contributed by atoms with Crippen LogP contribution >= 0.6 is 34.7 Å². The number of carbonyl (C=O) groups is 1. The highest BCUT2D eigenvalue weighted by molar-refractivity contribution is 8.01. The van der Waals surface area contributed by atoms with Crippen LogP contribution in [0.1, 0.15) is 41.7 Å². The molecule has 1 fully saturated rings. The highest BCUT2D eigenvalue weighted by Gasteiger charge is 2.25. The van der Waals surface area contributed by atoms with Crippen molar-refractivity contribution in [3.8, 4) is 0 Å². The summed E-state index contributed by atoms with van der Waals surface area (Å²) in [4.78, 5) is 16.8. The van der Waals surface area contributed by atoms with Crippen LogP contribution in [0.3, 0.4) is 0 Å². The van der Waals surface area contributed by atoms with Gasteiger partial charge in [0.15, 0.2) is 0 Å². The van der Waals surface area contributed by atoms with Crippen molar-refractivity contribution in [2.75, 3.05) is 0 Å². The maximum atomic E-state index is 13.8. The molecule has 1 aliphatic carbocycles. The van der Waals surface area contributed by atoms with Gasteiger partial charge in [0.1, 0.15) is 10.2 Å². The summed E-state index contributed by atoms with van der Waals surface area (Å²) in [5, 5.41) is 5.66. The number of thioether (sulfide) groups is 1. The van der Waals surface area contributed by atoms with Gasteiger partial charge in [0, 0.05) is 22.4 Å². The molecule has 0 bridgehead atoms. The molecule has 0 spiro atoms. The lowest BCUT2D eigenvalue weighted by molar-refractivity contribution is 0.0924. The monoisotopic (exact) mass is 384 g/mol. The Kier molecular flexibility index (Phi) is 5.79. The normalized spacial score (nSPS) is 20.8. The van der Waals surface area contributed by atoms with Gasteiger partial charge in [0.2, 0.25) is 0 Å². The highest BCUT2D eigenvalue weighted by atomic mass is 35.5. The van der Waals surface area contributed by atoms with E-state index in [-0.39, 0.29) is 16.6 Å². The van der Waals surface area contributed by atoms with Crippen LogP contribution < -0.4 is 5.32 Å². The molecule has 1 aromatic heterocycles. The number of rotatable bonds is 4.